The van der Waals surface area contributed by atoms with Crippen LogP contribution in [0.3, 0.4) is 0 Å². The van der Waals surface area contributed by atoms with Crippen molar-refractivity contribution in [2.75, 3.05) is 50.3 Å². The Labute approximate surface area is 175 Å². The maximum atomic E-state index is 12.4. The van der Waals surface area contributed by atoms with Crippen molar-refractivity contribution < 1.29 is 28.9 Å². The molecule has 0 aliphatic carbocycles. The minimum atomic E-state index is -1.03. The first-order valence-corrected chi connectivity index (χ1v) is 9.63. The smallest absolute Gasteiger partial charge is 0.337 e. The number of carboxylic acid groups (broad SMARTS) is 1. The van der Waals surface area contributed by atoms with Gasteiger partial charge in [-0.05, 0) is 35.9 Å². The summed E-state index contributed by atoms with van der Waals surface area (Å²) in [5, 5.41) is 9.77. The summed E-state index contributed by atoms with van der Waals surface area (Å²) in [5.74, 6) is -0.0701. The molecule has 1 aliphatic heterocycles. The Morgan fingerprint density at radius 1 is 1.07 bits per heavy atom. The summed E-state index contributed by atoms with van der Waals surface area (Å²) in [6.45, 7) is 4.09. The maximum Gasteiger partial charge on any atom is 0.337 e. The Balaban J connectivity index is 1.93. The van der Waals surface area contributed by atoms with Crippen LogP contribution in [0.15, 0.2) is 36.4 Å². The molecule has 3 rings (SSSR count). The van der Waals surface area contributed by atoms with E-state index in [1.807, 2.05) is 11.0 Å². The van der Waals surface area contributed by atoms with Gasteiger partial charge in [-0.25, -0.2) is 4.79 Å². The molecule has 30 heavy (non-hydrogen) atoms. The van der Waals surface area contributed by atoms with E-state index in [2.05, 4.69) is 0 Å². The Hall–Kier alpha value is -3.26. The highest BCUT2D eigenvalue weighted by atomic mass is 16.5. The molecule has 0 aromatic heterocycles. The summed E-state index contributed by atoms with van der Waals surface area (Å²) in [5.41, 5.74) is 2.14. The first-order valence-electron chi connectivity index (χ1n) is 9.63. The molecule has 1 amide bonds. The van der Waals surface area contributed by atoms with Crippen LogP contribution in [0.2, 0.25) is 0 Å². The number of carboxylic acids is 1. The standard InChI is InChI=1S/C22H26N2O6/c1-15(25)24(14-16-4-7-20(28-2)21(12-16)29-3)17-5-6-19(18(13-17)22(26)27)23-8-10-30-11-9-23/h4-7,12-13H,8-11,14H2,1-3H3,(H,26,27). The van der Waals surface area contributed by atoms with E-state index in [4.69, 9.17) is 14.2 Å². The van der Waals surface area contributed by atoms with E-state index in [1.165, 1.54) is 11.8 Å². The third-order valence-electron chi connectivity index (χ3n) is 5.04. The van der Waals surface area contributed by atoms with Crippen LogP contribution in [0.1, 0.15) is 22.8 Å². The van der Waals surface area contributed by atoms with E-state index in [9.17, 15) is 14.7 Å². The minimum absolute atomic E-state index is 0.160. The number of methoxy groups -OCH3 is 2. The van der Waals surface area contributed by atoms with Gasteiger partial charge < -0.3 is 29.1 Å². The molecule has 0 unspecified atom stereocenters. The monoisotopic (exact) mass is 414 g/mol. The number of benzene rings is 2. The van der Waals surface area contributed by atoms with E-state index in [1.54, 1.807) is 44.6 Å². The number of aromatic carboxylic acids is 1. The lowest BCUT2D eigenvalue weighted by Crippen LogP contribution is -2.37. The van der Waals surface area contributed by atoms with Crippen molar-refractivity contribution >= 4 is 23.3 Å². The molecular weight excluding hydrogens is 388 g/mol. The molecule has 1 N–H and O–H groups in total. The fourth-order valence-electron chi connectivity index (χ4n) is 3.49. The largest absolute Gasteiger partial charge is 0.493 e. The molecule has 0 saturated carbocycles. The first-order chi connectivity index (χ1) is 14.4. The number of amides is 1. The van der Waals surface area contributed by atoms with Gasteiger partial charge in [0.2, 0.25) is 5.91 Å². The Kier molecular flexibility index (Phi) is 6.79. The van der Waals surface area contributed by atoms with E-state index < -0.39 is 5.97 Å². The highest BCUT2D eigenvalue weighted by Crippen LogP contribution is 2.31. The van der Waals surface area contributed by atoms with Crippen molar-refractivity contribution in [3.8, 4) is 11.5 Å². The lowest BCUT2D eigenvalue weighted by Gasteiger charge is -2.31. The second-order valence-corrected chi connectivity index (χ2v) is 6.90. The average Bonchev–Trinajstić information content (AvgIpc) is 2.77. The minimum Gasteiger partial charge on any atom is -0.493 e. The number of morpholine rings is 1. The molecule has 160 valence electrons. The van der Waals surface area contributed by atoms with Crippen LogP contribution in [-0.4, -0.2) is 57.5 Å². The van der Waals surface area contributed by atoms with Crippen molar-refractivity contribution in [3.63, 3.8) is 0 Å². The van der Waals surface area contributed by atoms with Crippen LogP contribution in [-0.2, 0) is 16.1 Å². The second-order valence-electron chi connectivity index (χ2n) is 6.90. The lowest BCUT2D eigenvalue weighted by atomic mass is 10.1. The number of carbonyl (C=O) groups is 2. The number of nitrogens with zero attached hydrogens (tertiary/aromatic N) is 2. The molecule has 8 heteroatoms. The second kappa shape index (κ2) is 9.49. The van der Waals surface area contributed by atoms with E-state index in [-0.39, 0.29) is 18.0 Å². The van der Waals surface area contributed by atoms with E-state index in [0.717, 1.165) is 5.56 Å². The van der Waals surface area contributed by atoms with Crippen molar-refractivity contribution in [2.45, 2.75) is 13.5 Å². The number of rotatable bonds is 7. The van der Waals surface area contributed by atoms with Crippen molar-refractivity contribution in [1.82, 2.24) is 0 Å². The van der Waals surface area contributed by atoms with Gasteiger partial charge in [0.1, 0.15) is 0 Å². The molecule has 1 heterocycles. The quantitative estimate of drug-likeness (QED) is 0.745. The average molecular weight is 414 g/mol. The van der Waals surface area contributed by atoms with Gasteiger partial charge in [-0.3, -0.25) is 4.79 Å². The van der Waals surface area contributed by atoms with Gasteiger partial charge in [-0.15, -0.1) is 0 Å². The van der Waals surface area contributed by atoms with Gasteiger partial charge in [0, 0.05) is 25.7 Å². The lowest BCUT2D eigenvalue weighted by molar-refractivity contribution is -0.116. The van der Waals surface area contributed by atoms with E-state index >= 15 is 0 Å². The zero-order chi connectivity index (χ0) is 21.7. The molecular formula is C22H26N2O6. The van der Waals surface area contributed by atoms with E-state index in [0.29, 0.717) is 49.2 Å². The fourth-order valence-corrected chi connectivity index (χ4v) is 3.49. The normalized spacial score (nSPS) is 13.6. The first kappa shape index (κ1) is 21.4. The molecule has 1 fully saturated rings. The Morgan fingerprint density at radius 3 is 2.37 bits per heavy atom. The summed E-state index contributed by atoms with van der Waals surface area (Å²) >= 11 is 0. The Bertz CT molecular complexity index is 924. The molecule has 8 nitrogen and oxygen atoms in total. The van der Waals surface area contributed by atoms with Gasteiger partial charge in [-0.1, -0.05) is 6.07 Å². The molecule has 2 aromatic carbocycles. The molecule has 1 saturated heterocycles. The molecule has 0 spiro atoms. The fraction of sp³-hybridized carbons (Fsp3) is 0.364. The van der Waals surface area contributed by atoms with Gasteiger partial charge in [0.25, 0.3) is 0 Å². The molecule has 1 aliphatic rings. The number of anilines is 2. The van der Waals surface area contributed by atoms with Crippen LogP contribution >= 0.6 is 0 Å². The molecule has 0 radical (unpaired) electrons. The molecule has 2 aromatic rings. The number of hydrogen-bond acceptors (Lipinski definition) is 6. The number of hydrogen-bond donors (Lipinski definition) is 1. The maximum absolute atomic E-state index is 12.4. The molecule has 0 atom stereocenters. The number of ether oxygens (including phenoxy) is 3. The predicted octanol–water partition coefficient (Wildman–Crippen LogP) is 2.79. The van der Waals surface area contributed by atoms with Gasteiger partial charge in [0.15, 0.2) is 11.5 Å². The summed E-state index contributed by atoms with van der Waals surface area (Å²) in [4.78, 5) is 27.8. The van der Waals surface area contributed by atoms with Gasteiger partial charge in [-0.2, -0.15) is 0 Å². The van der Waals surface area contributed by atoms with Crippen LogP contribution < -0.4 is 19.3 Å². The predicted molar refractivity (Wildman–Crippen MR) is 113 cm³/mol. The highest BCUT2D eigenvalue weighted by Gasteiger charge is 2.22. The van der Waals surface area contributed by atoms with Crippen LogP contribution in [0.5, 0.6) is 11.5 Å². The van der Waals surface area contributed by atoms with Crippen LogP contribution in [0.4, 0.5) is 11.4 Å². The summed E-state index contributed by atoms with van der Waals surface area (Å²) in [6.07, 6.45) is 0. The van der Waals surface area contributed by atoms with Crippen molar-refractivity contribution in [3.05, 3.63) is 47.5 Å². The van der Waals surface area contributed by atoms with Gasteiger partial charge in [0.05, 0.1) is 45.2 Å². The summed E-state index contributed by atoms with van der Waals surface area (Å²) in [7, 11) is 3.11. The number of carbonyl (C=O) groups excluding carboxylic acids is 1. The van der Waals surface area contributed by atoms with Gasteiger partial charge >= 0.3 is 5.97 Å². The zero-order valence-corrected chi connectivity index (χ0v) is 17.4. The summed E-state index contributed by atoms with van der Waals surface area (Å²) in [6, 6.07) is 10.5. The van der Waals surface area contributed by atoms with Crippen molar-refractivity contribution in [1.29, 1.82) is 0 Å². The molecule has 0 bridgehead atoms. The third kappa shape index (κ3) is 4.65. The van der Waals surface area contributed by atoms with Crippen LogP contribution in [0, 0.1) is 0 Å². The highest BCUT2D eigenvalue weighted by molar-refractivity contribution is 5.98. The summed E-state index contributed by atoms with van der Waals surface area (Å²) < 4.78 is 15.9. The van der Waals surface area contributed by atoms with Crippen LogP contribution in [0.25, 0.3) is 0 Å². The Morgan fingerprint density at radius 2 is 1.77 bits per heavy atom. The topological polar surface area (TPSA) is 88.5 Å². The van der Waals surface area contributed by atoms with Crippen molar-refractivity contribution in [2.24, 2.45) is 0 Å². The zero-order valence-electron chi connectivity index (χ0n) is 17.4. The SMILES string of the molecule is COc1ccc(CN(C(C)=O)c2ccc(N3CCOCC3)c(C(=O)O)c2)cc1OC. The third-order valence-corrected chi connectivity index (χ3v) is 5.04.